The summed E-state index contributed by atoms with van der Waals surface area (Å²) in [6.07, 6.45) is 3.05. The number of hydrogen-bond acceptors (Lipinski definition) is 6. The number of methoxy groups -OCH3 is 3. The van der Waals surface area contributed by atoms with E-state index >= 15 is 0 Å². The van der Waals surface area contributed by atoms with Crippen LogP contribution in [0.4, 0.5) is 0 Å². The summed E-state index contributed by atoms with van der Waals surface area (Å²) in [7, 11) is 4.73. The molecular formula is C17H25NO5. The third kappa shape index (κ3) is 4.60. The van der Waals surface area contributed by atoms with E-state index in [0.29, 0.717) is 23.8 Å². The fourth-order valence-corrected chi connectivity index (χ4v) is 2.58. The lowest BCUT2D eigenvalue weighted by atomic mass is 10.1. The number of β-amino-alcohol motifs (C(OH)–C–C–N with tert-alkyl or cyclic N) is 1. The summed E-state index contributed by atoms with van der Waals surface area (Å²) in [6.45, 7) is 3.74. The van der Waals surface area contributed by atoms with Gasteiger partial charge in [0, 0.05) is 25.2 Å². The van der Waals surface area contributed by atoms with Crippen LogP contribution in [0.3, 0.4) is 0 Å². The van der Waals surface area contributed by atoms with Crippen molar-refractivity contribution >= 4 is 6.08 Å². The topological polar surface area (TPSA) is 60.4 Å². The first-order valence-electron chi connectivity index (χ1n) is 7.65. The highest BCUT2D eigenvalue weighted by Gasteiger charge is 2.16. The minimum atomic E-state index is -0.550. The number of rotatable bonds is 7. The number of morpholine rings is 1. The molecule has 1 heterocycles. The highest BCUT2D eigenvalue weighted by atomic mass is 16.5. The lowest BCUT2D eigenvalue weighted by Gasteiger charge is -2.27. The largest absolute Gasteiger partial charge is 0.493 e. The summed E-state index contributed by atoms with van der Waals surface area (Å²) in [5.41, 5.74) is 0.825. The molecule has 23 heavy (non-hydrogen) atoms. The molecule has 2 rings (SSSR count). The molecule has 1 N–H and O–H groups in total. The van der Waals surface area contributed by atoms with Gasteiger partial charge in [-0.15, -0.1) is 0 Å². The Bertz CT molecular complexity index is 526. The van der Waals surface area contributed by atoms with E-state index in [4.69, 9.17) is 18.9 Å². The van der Waals surface area contributed by atoms with Crippen molar-refractivity contribution in [1.29, 1.82) is 0 Å². The molecule has 1 aromatic carbocycles. The van der Waals surface area contributed by atoms with Crippen LogP contribution in [0.2, 0.25) is 0 Å². The summed E-state index contributed by atoms with van der Waals surface area (Å²) >= 11 is 0. The van der Waals surface area contributed by atoms with Crippen molar-refractivity contribution in [1.82, 2.24) is 4.90 Å². The zero-order valence-electron chi connectivity index (χ0n) is 13.9. The van der Waals surface area contributed by atoms with Crippen molar-refractivity contribution in [2.24, 2.45) is 0 Å². The molecule has 128 valence electrons. The van der Waals surface area contributed by atoms with Crippen molar-refractivity contribution in [2.45, 2.75) is 6.10 Å². The van der Waals surface area contributed by atoms with Gasteiger partial charge >= 0.3 is 0 Å². The molecule has 1 fully saturated rings. The number of aliphatic hydroxyl groups excluding tert-OH is 1. The summed E-state index contributed by atoms with van der Waals surface area (Å²) in [4.78, 5) is 2.18. The van der Waals surface area contributed by atoms with Gasteiger partial charge in [0.1, 0.15) is 0 Å². The molecule has 0 spiro atoms. The molecule has 0 bridgehead atoms. The van der Waals surface area contributed by atoms with E-state index in [1.807, 2.05) is 18.2 Å². The number of benzene rings is 1. The molecule has 0 radical (unpaired) electrons. The fourth-order valence-electron chi connectivity index (χ4n) is 2.58. The fraction of sp³-hybridized carbons (Fsp3) is 0.529. The van der Waals surface area contributed by atoms with Crippen molar-refractivity contribution in [3.63, 3.8) is 0 Å². The van der Waals surface area contributed by atoms with Crippen LogP contribution in [-0.4, -0.2) is 70.3 Å². The van der Waals surface area contributed by atoms with Crippen LogP contribution >= 0.6 is 0 Å². The van der Waals surface area contributed by atoms with E-state index < -0.39 is 6.10 Å². The van der Waals surface area contributed by atoms with Crippen molar-refractivity contribution in [3.8, 4) is 17.2 Å². The summed E-state index contributed by atoms with van der Waals surface area (Å²) in [5.74, 6) is 1.73. The van der Waals surface area contributed by atoms with Gasteiger partial charge in [-0.3, -0.25) is 4.90 Å². The molecule has 6 nitrogen and oxygen atoms in total. The molecule has 1 saturated heterocycles. The second-order valence-corrected chi connectivity index (χ2v) is 5.26. The summed E-state index contributed by atoms with van der Waals surface area (Å²) in [5, 5.41) is 10.2. The number of ether oxygens (including phenoxy) is 4. The Hall–Kier alpha value is -1.76. The smallest absolute Gasteiger partial charge is 0.203 e. The average molecular weight is 323 g/mol. The average Bonchev–Trinajstić information content (AvgIpc) is 2.59. The molecule has 0 saturated carbocycles. The van der Waals surface area contributed by atoms with Crippen molar-refractivity contribution in [2.75, 3.05) is 54.2 Å². The Morgan fingerprint density at radius 1 is 1.13 bits per heavy atom. The van der Waals surface area contributed by atoms with E-state index in [1.165, 1.54) is 0 Å². The highest BCUT2D eigenvalue weighted by Crippen LogP contribution is 2.40. The Labute approximate surface area is 137 Å². The maximum Gasteiger partial charge on any atom is 0.203 e. The quantitative estimate of drug-likeness (QED) is 0.819. The number of nitrogens with zero attached hydrogens (tertiary/aromatic N) is 1. The minimum absolute atomic E-state index is 0.541. The maximum absolute atomic E-state index is 10.2. The lowest BCUT2D eigenvalue weighted by Crippen LogP contribution is -2.40. The van der Waals surface area contributed by atoms with E-state index in [0.717, 1.165) is 31.9 Å². The Morgan fingerprint density at radius 2 is 1.83 bits per heavy atom. The van der Waals surface area contributed by atoms with Gasteiger partial charge in [-0.25, -0.2) is 0 Å². The number of hydrogen-bond donors (Lipinski definition) is 1. The monoisotopic (exact) mass is 323 g/mol. The first-order chi connectivity index (χ1) is 11.2. The second kappa shape index (κ2) is 8.76. The minimum Gasteiger partial charge on any atom is -0.493 e. The lowest BCUT2D eigenvalue weighted by molar-refractivity contribution is 0.0223. The summed E-state index contributed by atoms with van der Waals surface area (Å²) in [6, 6.07) is 3.69. The normalized spacial score (nSPS) is 17.2. The van der Waals surface area contributed by atoms with Gasteiger partial charge in [-0.1, -0.05) is 12.2 Å². The van der Waals surface area contributed by atoms with E-state index in [-0.39, 0.29) is 0 Å². The molecule has 0 aliphatic carbocycles. The SMILES string of the molecule is COc1ccc(/C=C/C(O)CN2CCOCC2)c(OC)c1OC. The van der Waals surface area contributed by atoms with Gasteiger partial charge in [0.2, 0.25) is 5.75 Å². The molecule has 0 aromatic heterocycles. The Morgan fingerprint density at radius 3 is 2.43 bits per heavy atom. The zero-order valence-corrected chi connectivity index (χ0v) is 13.9. The van der Waals surface area contributed by atoms with Gasteiger partial charge in [0.15, 0.2) is 11.5 Å². The highest BCUT2D eigenvalue weighted by molar-refractivity contribution is 5.66. The van der Waals surface area contributed by atoms with E-state index in [9.17, 15) is 5.11 Å². The standard InChI is InChI=1S/C17H25NO5/c1-20-15-7-5-13(16(21-2)17(15)22-3)4-6-14(19)12-18-8-10-23-11-9-18/h4-7,14,19H,8-12H2,1-3H3/b6-4+. The molecule has 1 aliphatic heterocycles. The second-order valence-electron chi connectivity index (χ2n) is 5.26. The first kappa shape index (κ1) is 17.6. The number of aliphatic hydroxyl groups is 1. The van der Waals surface area contributed by atoms with Crippen LogP contribution in [0, 0.1) is 0 Å². The van der Waals surface area contributed by atoms with Gasteiger partial charge < -0.3 is 24.1 Å². The molecule has 1 unspecified atom stereocenters. The zero-order chi connectivity index (χ0) is 16.7. The predicted octanol–water partition coefficient (Wildman–Crippen LogP) is 1.42. The molecule has 1 atom stereocenters. The van der Waals surface area contributed by atoms with Crippen LogP contribution < -0.4 is 14.2 Å². The predicted molar refractivity (Wildman–Crippen MR) is 88.4 cm³/mol. The van der Waals surface area contributed by atoms with Gasteiger partial charge in [0.05, 0.1) is 40.6 Å². The van der Waals surface area contributed by atoms with Gasteiger partial charge in [-0.05, 0) is 12.1 Å². The van der Waals surface area contributed by atoms with Crippen molar-refractivity contribution in [3.05, 3.63) is 23.8 Å². The first-order valence-corrected chi connectivity index (χ1v) is 7.65. The molecule has 0 amide bonds. The van der Waals surface area contributed by atoms with Crippen molar-refractivity contribution < 1.29 is 24.1 Å². The third-order valence-corrected chi connectivity index (χ3v) is 3.78. The Kier molecular flexibility index (Phi) is 6.70. The molecule has 1 aliphatic rings. The van der Waals surface area contributed by atoms with Crippen LogP contribution in [0.5, 0.6) is 17.2 Å². The third-order valence-electron chi connectivity index (χ3n) is 3.78. The molecular weight excluding hydrogens is 298 g/mol. The van der Waals surface area contributed by atoms with E-state index in [1.54, 1.807) is 27.4 Å². The Balaban J connectivity index is 2.08. The van der Waals surface area contributed by atoms with Crippen LogP contribution in [0.15, 0.2) is 18.2 Å². The van der Waals surface area contributed by atoms with Gasteiger partial charge in [-0.2, -0.15) is 0 Å². The maximum atomic E-state index is 10.2. The van der Waals surface area contributed by atoms with E-state index in [2.05, 4.69) is 4.90 Å². The summed E-state index contributed by atoms with van der Waals surface area (Å²) < 4.78 is 21.4. The van der Waals surface area contributed by atoms with Crippen LogP contribution in [0.1, 0.15) is 5.56 Å². The molecule has 1 aromatic rings. The van der Waals surface area contributed by atoms with Crippen LogP contribution in [0.25, 0.3) is 6.08 Å². The molecule has 6 heteroatoms. The van der Waals surface area contributed by atoms with Gasteiger partial charge in [0.25, 0.3) is 0 Å². The van der Waals surface area contributed by atoms with Crippen LogP contribution in [-0.2, 0) is 4.74 Å².